The van der Waals surface area contributed by atoms with Gasteiger partial charge in [0.15, 0.2) is 0 Å². The van der Waals surface area contributed by atoms with E-state index in [2.05, 4.69) is 0 Å². The number of benzene rings is 2. The number of imide groups is 1. The van der Waals surface area contributed by atoms with Crippen molar-refractivity contribution in [2.45, 2.75) is 25.7 Å². The van der Waals surface area contributed by atoms with E-state index < -0.39 is 5.97 Å². The molecule has 4 rings (SSSR count). The summed E-state index contributed by atoms with van der Waals surface area (Å²) in [5, 5.41) is 0.299. The van der Waals surface area contributed by atoms with Crippen LogP contribution in [0.2, 0.25) is 5.02 Å². The Hall–Kier alpha value is -2.66. The number of hydrogen-bond acceptors (Lipinski definition) is 4. The zero-order valence-corrected chi connectivity index (χ0v) is 15.3. The van der Waals surface area contributed by atoms with Crippen molar-refractivity contribution in [3.8, 4) is 5.75 Å². The zero-order valence-electron chi connectivity index (χ0n) is 14.6. The van der Waals surface area contributed by atoms with Gasteiger partial charge in [-0.2, -0.15) is 0 Å². The van der Waals surface area contributed by atoms with E-state index >= 15 is 0 Å². The van der Waals surface area contributed by atoms with Crippen molar-refractivity contribution >= 4 is 35.1 Å². The molecule has 2 amide bonds. The van der Waals surface area contributed by atoms with E-state index in [9.17, 15) is 14.4 Å². The topological polar surface area (TPSA) is 63.7 Å². The standard InChI is InChI=1S/C21H18ClNO4/c22-18-11-4-3-10-17(18)21(26)27-14-7-5-6-13(12-14)23-19(24)15-8-1-2-9-16(15)20(23)25/h3-7,10-12,15-16H,1-2,8-9H2. The van der Waals surface area contributed by atoms with E-state index in [1.54, 1.807) is 48.5 Å². The van der Waals surface area contributed by atoms with Gasteiger partial charge in [0, 0.05) is 6.07 Å². The predicted molar refractivity (Wildman–Crippen MR) is 101 cm³/mol. The van der Waals surface area contributed by atoms with Crippen LogP contribution in [0.5, 0.6) is 5.75 Å². The van der Waals surface area contributed by atoms with Crippen molar-refractivity contribution in [3.05, 3.63) is 59.1 Å². The van der Waals surface area contributed by atoms with Gasteiger partial charge in [-0.25, -0.2) is 9.69 Å². The van der Waals surface area contributed by atoms with Crippen molar-refractivity contribution in [2.75, 3.05) is 4.90 Å². The fourth-order valence-electron chi connectivity index (χ4n) is 3.89. The van der Waals surface area contributed by atoms with E-state index in [1.807, 2.05) is 0 Å². The summed E-state index contributed by atoms with van der Waals surface area (Å²) in [6.45, 7) is 0. The van der Waals surface area contributed by atoms with Crippen LogP contribution in [-0.4, -0.2) is 17.8 Å². The van der Waals surface area contributed by atoms with Crippen molar-refractivity contribution in [2.24, 2.45) is 11.8 Å². The van der Waals surface area contributed by atoms with Crippen LogP contribution in [0.15, 0.2) is 48.5 Å². The molecule has 0 aromatic heterocycles. The van der Waals surface area contributed by atoms with Gasteiger partial charge >= 0.3 is 5.97 Å². The molecule has 2 aromatic rings. The summed E-state index contributed by atoms with van der Waals surface area (Å²) in [5.74, 6) is -1.09. The summed E-state index contributed by atoms with van der Waals surface area (Å²) < 4.78 is 5.40. The lowest BCUT2D eigenvalue weighted by Crippen LogP contribution is -2.30. The minimum atomic E-state index is -0.592. The number of anilines is 1. The van der Waals surface area contributed by atoms with E-state index in [-0.39, 0.29) is 35.0 Å². The van der Waals surface area contributed by atoms with Gasteiger partial charge in [0.2, 0.25) is 11.8 Å². The molecule has 0 bridgehead atoms. The van der Waals surface area contributed by atoms with Crippen LogP contribution in [0, 0.1) is 11.8 Å². The SMILES string of the molecule is O=C(Oc1cccc(N2C(=O)C3CCCCC3C2=O)c1)c1ccccc1Cl. The first kappa shape index (κ1) is 17.7. The number of amides is 2. The van der Waals surface area contributed by atoms with Crippen LogP contribution in [0.4, 0.5) is 5.69 Å². The van der Waals surface area contributed by atoms with Gasteiger partial charge in [-0.3, -0.25) is 9.59 Å². The lowest BCUT2D eigenvalue weighted by molar-refractivity contribution is -0.122. The molecule has 0 radical (unpaired) electrons. The number of esters is 1. The molecule has 27 heavy (non-hydrogen) atoms. The summed E-state index contributed by atoms with van der Waals surface area (Å²) >= 11 is 6.03. The van der Waals surface area contributed by atoms with Gasteiger partial charge in [-0.15, -0.1) is 0 Å². The van der Waals surface area contributed by atoms with Crippen molar-refractivity contribution in [1.82, 2.24) is 0 Å². The number of rotatable bonds is 3. The first-order chi connectivity index (χ1) is 13.1. The highest BCUT2D eigenvalue weighted by molar-refractivity contribution is 6.33. The van der Waals surface area contributed by atoms with Crippen LogP contribution < -0.4 is 9.64 Å². The lowest BCUT2D eigenvalue weighted by Gasteiger charge is -2.19. The van der Waals surface area contributed by atoms with Crippen LogP contribution in [0.1, 0.15) is 36.0 Å². The van der Waals surface area contributed by atoms with Gasteiger partial charge in [-0.1, -0.05) is 42.6 Å². The smallest absolute Gasteiger partial charge is 0.345 e. The molecule has 2 unspecified atom stereocenters. The molecular formula is C21H18ClNO4. The maximum atomic E-state index is 12.7. The maximum Gasteiger partial charge on any atom is 0.345 e. The van der Waals surface area contributed by atoms with Crippen molar-refractivity contribution in [1.29, 1.82) is 0 Å². The Morgan fingerprint density at radius 2 is 1.63 bits per heavy atom. The molecule has 6 heteroatoms. The average Bonchev–Trinajstić information content (AvgIpc) is 2.93. The molecule has 1 aliphatic heterocycles. The van der Waals surface area contributed by atoms with E-state index in [0.717, 1.165) is 25.7 Å². The molecule has 5 nitrogen and oxygen atoms in total. The first-order valence-corrected chi connectivity index (χ1v) is 9.38. The molecular weight excluding hydrogens is 366 g/mol. The highest BCUT2D eigenvalue weighted by Gasteiger charge is 2.48. The number of fused-ring (bicyclic) bond motifs is 1. The van der Waals surface area contributed by atoms with Gasteiger partial charge in [0.05, 0.1) is 28.1 Å². The van der Waals surface area contributed by atoms with Gasteiger partial charge < -0.3 is 4.74 Å². The number of carbonyl (C=O) groups excluding carboxylic acids is 3. The first-order valence-electron chi connectivity index (χ1n) is 9.01. The molecule has 138 valence electrons. The van der Waals surface area contributed by atoms with Crippen LogP contribution in [0.25, 0.3) is 0 Å². The fourth-order valence-corrected chi connectivity index (χ4v) is 4.10. The number of ether oxygens (including phenoxy) is 1. The largest absolute Gasteiger partial charge is 0.423 e. The van der Waals surface area contributed by atoms with Gasteiger partial charge in [0.1, 0.15) is 5.75 Å². The third kappa shape index (κ3) is 3.23. The molecule has 0 spiro atoms. The second-order valence-electron chi connectivity index (χ2n) is 6.88. The maximum absolute atomic E-state index is 12.7. The quantitative estimate of drug-likeness (QED) is 0.452. The average molecular weight is 384 g/mol. The minimum Gasteiger partial charge on any atom is -0.423 e. The molecule has 2 atom stereocenters. The molecule has 1 aliphatic carbocycles. The Morgan fingerprint density at radius 3 is 2.30 bits per heavy atom. The van der Waals surface area contributed by atoms with E-state index in [0.29, 0.717) is 10.7 Å². The number of hydrogen-bond donors (Lipinski definition) is 0. The second-order valence-corrected chi connectivity index (χ2v) is 7.28. The number of halogens is 1. The Balaban J connectivity index is 1.58. The van der Waals surface area contributed by atoms with E-state index in [1.165, 1.54) is 4.90 Å². The molecule has 1 heterocycles. The third-order valence-corrected chi connectivity index (χ3v) is 5.55. The molecule has 2 aliphatic rings. The lowest BCUT2D eigenvalue weighted by atomic mass is 9.81. The van der Waals surface area contributed by atoms with Crippen molar-refractivity contribution < 1.29 is 19.1 Å². The second kappa shape index (κ2) is 7.16. The number of nitrogens with zero attached hydrogens (tertiary/aromatic N) is 1. The highest BCUT2D eigenvalue weighted by Crippen LogP contribution is 2.40. The van der Waals surface area contributed by atoms with Gasteiger partial charge in [0.25, 0.3) is 0 Å². The third-order valence-electron chi connectivity index (χ3n) is 5.22. The molecule has 2 aromatic carbocycles. The Morgan fingerprint density at radius 1 is 0.963 bits per heavy atom. The van der Waals surface area contributed by atoms with Gasteiger partial charge in [-0.05, 0) is 37.1 Å². The Labute approximate surface area is 161 Å². The van der Waals surface area contributed by atoms with Crippen molar-refractivity contribution in [3.63, 3.8) is 0 Å². The molecule has 0 N–H and O–H groups in total. The zero-order chi connectivity index (χ0) is 19.0. The normalized spacial score (nSPS) is 21.9. The van der Waals surface area contributed by atoms with Crippen LogP contribution in [-0.2, 0) is 9.59 Å². The molecule has 1 saturated carbocycles. The highest BCUT2D eigenvalue weighted by atomic mass is 35.5. The fraction of sp³-hybridized carbons (Fsp3) is 0.286. The Bertz CT molecular complexity index is 902. The molecule has 2 fully saturated rings. The monoisotopic (exact) mass is 383 g/mol. The summed E-state index contributed by atoms with van der Waals surface area (Å²) in [6.07, 6.45) is 3.47. The Kier molecular flexibility index (Phi) is 4.70. The minimum absolute atomic E-state index is 0.153. The number of carbonyl (C=O) groups is 3. The summed E-state index contributed by atoms with van der Waals surface area (Å²) in [7, 11) is 0. The summed E-state index contributed by atoms with van der Waals surface area (Å²) in [4.78, 5) is 39.1. The summed E-state index contributed by atoms with van der Waals surface area (Å²) in [6, 6.07) is 13.1. The van der Waals surface area contributed by atoms with E-state index in [4.69, 9.17) is 16.3 Å². The van der Waals surface area contributed by atoms with Crippen LogP contribution in [0.3, 0.4) is 0 Å². The van der Waals surface area contributed by atoms with Crippen LogP contribution >= 0.6 is 11.6 Å². The molecule has 1 saturated heterocycles. The predicted octanol–water partition coefficient (Wildman–Crippen LogP) is 4.24. The summed E-state index contributed by atoms with van der Waals surface area (Å²) in [5.41, 5.74) is 0.688.